The number of nitrogen functional groups attached to an aromatic ring is 1. The normalized spacial score (nSPS) is 10.5. The minimum absolute atomic E-state index is 0.0335. The van der Waals surface area contributed by atoms with Gasteiger partial charge in [0, 0.05) is 10.6 Å². The van der Waals surface area contributed by atoms with Gasteiger partial charge in [0.25, 0.3) is 0 Å². The molecule has 0 aliphatic carbocycles. The van der Waals surface area contributed by atoms with Crippen molar-refractivity contribution in [3.63, 3.8) is 0 Å². The van der Waals surface area contributed by atoms with Crippen molar-refractivity contribution in [3.8, 4) is 0 Å². The molecule has 2 aromatic rings. The van der Waals surface area contributed by atoms with Crippen LogP contribution in [0.4, 0.5) is 10.1 Å². The van der Waals surface area contributed by atoms with Crippen LogP contribution >= 0.6 is 23.4 Å². The zero-order valence-electron chi connectivity index (χ0n) is 7.37. The second kappa shape index (κ2) is 4.08. The lowest BCUT2D eigenvalue weighted by Crippen LogP contribution is -1.91. The van der Waals surface area contributed by atoms with E-state index in [1.165, 1.54) is 30.2 Å². The molecule has 1 aromatic carbocycles. The minimum atomic E-state index is -0.531. The monoisotopic (exact) mass is 244 g/mol. The largest absolute Gasteiger partial charge is 0.398 e. The average Bonchev–Trinajstić information content (AvgIpc) is 2.67. The zero-order valence-corrected chi connectivity index (χ0v) is 8.94. The molecule has 15 heavy (non-hydrogen) atoms. The second-order valence-electron chi connectivity index (χ2n) is 2.70. The molecule has 0 saturated heterocycles. The highest BCUT2D eigenvalue weighted by molar-refractivity contribution is 7.99. The number of nitrogens with two attached hydrogens (primary N) is 1. The summed E-state index contributed by atoms with van der Waals surface area (Å²) in [6.07, 6.45) is 1.38. The number of nitrogens with one attached hydrogen (secondary N) is 1. The van der Waals surface area contributed by atoms with Crippen molar-refractivity contribution in [2.75, 3.05) is 5.73 Å². The van der Waals surface area contributed by atoms with Gasteiger partial charge in [0.2, 0.25) is 0 Å². The molecule has 0 unspecified atom stereocenters. The Balaban J connectivity index is 2.33. The predicted molar refractivity (Wildman–Crippen MR) is 56.3 cm³/mol. The lowest BCUT2D eigenvalue weighted by molar-refractivity contribution is 0.628. The highest BCUT2D eigenvalue weighted by Gasteiger charge is 2.08. The average molecular weight is 245 g/mol. The third kappa shape index (κ3) is 2.21. The highest BCUT2D eigenvalue weighted by Crippen LogP contribution is 2.33. The van der Waals surface area contributed by atoms with Crippen LogP contribution in [0.3, 0.4) is 0 Å². The lowest BCUT2D eigenvalue weighted by atomic mass is 10.3. The molecule has 0 aliphatic heterocycles. The zero-order chi connectivity index (χ0) is 10.8. The third-order valence-electron chi connectivity index (χ3n) is 1.65. The molecule has 78 valence electrons. The molecule has 4 nitrogen and oxygen atoms in total. The van der Waals surface area contributed by atoms with Gasteiger partial charge in [-0.25, -0.2) is 9.37 Å². The number of hydrogen-bond acceptors (Lipinski definition) is 4. The SMILES string of the molecule is Nc1cc(F)c(Cl)cc1Sc1ncn[nH]1. The maximum absolute atomic E-state index is 13.0. The fraction of sp³-hybridized carbons (Fsp3) is 0. The number of H-pyrrole nitrogens is 1. The van der Waals surface area contributed by atoms with Crippen molar-refractivity contribution in [2.24, 2.45) is 0 Å². The summed E-state index contributed by atoms with van der Waals surface area (Å²) in [5, 5.41) is 6.95. The number of rotatable bonds is 2. The molecular formula is C8H6ClFN4S. The van der Waals surface area contributed by atoms with Gasteiger partial charge >= 0.3 is 0 Å². The highest BCUT2D eigenvalue weighted by atomic mass is 35.5. The second-order valence-corrected chi connectivity index (χ2v) is 4.13. The number of anilines is 1. The van der Waals surface area contributed by atoms with Crippen LogP contribution < -0.4 is 5.73 Å². The smallest absolute Gasteiger partial charge is 0.188 e. The standard InChI is InChI=1S/C8H6ClFN4S/c9-4-1-7(6(11)2-5(4)10)15-8-12-3-13-14-8/h1-3H,11H2,(H,12,13,14). The number of hydrogen-bond donors (Lipinski definition) is 2. The fourth-order valence-corrected chi connectivity index (χ4v) is 1.97. The van der Waals surface area contributed by atoms with E-state index in [1.54, 1.807) is 0 Å². The van der Waals surface area contributed by atoms with Crippen LogP contribution in [0.1, 0.15) is 0 Å². The van der Waals surface area contributed by atoms with Gasteiger partial charge < -0.3 is 5.73 Å². The lowest BCUT2D eigenvalue weighted by Gasteiger charge is -2.04. The Morgan fingerprint density at radius 2 is 2.27 bits per heavy atom. The molecule has 1 aromatic heterocycles. The molecule has 0 atom stereocenters. The number of halogens is 2. The number of aromatic amines is 1. The Morgan fingerprint density at radius 3 is 2.93 bits per heavy atom. The van der Waals surface area contributed by atoms with Crippen LogP contribution in [0.25, 0.3) is 0 Å². The van der Waals surface area contributed by atoms with Crippen molar-refractivity contribution in [1.29, 1.82) is 0 Å². The van der Waals surface area contributed by atoms with Crippen LogP contribution in [0.15, 0.2) is 28.5 Å². The first-order valence-electron chi connectivity index (χ1n) is 3.94. The molecular weight excluding hydrogens is 239 g/mol. The Kier molecular flexibility index (Phi) is 2.79. The van der Waals surface area contributed by atoms with E-state index in [1.807, 2.05) is 0 Å². The molecule has 0 spiro atoms. The summed E-state index contributed by atoms with van der Waals surface area (Å²) in [6.45, 7) is 0. The maximum Gasteiger partial charge on any atom is 0.188 e. The number of benzene rings is 1. The Labute approximate surface area is 94.0 Å². The maximum atomic E-state index is 13.0. The van der Waals surface area contributed by atoms with Gasteiger partial charge in [0.15, 0.2) is 5.16 Å². The van der Waals surface area contributed by atoms with E-state index in [-0.39, 0.29) is 5.02 Å². The van der Waals surface area contributed by atoms with Crippen molar-refractivity contribution < 1.29 is 4.39 Å². The van der Waals surface area contributed by atoms with E-state index in [0.29, 0.717) is 15.7 Å². The van der Waals surface area contributed by atoms with Crippen LogP contribution in [-0.4, -0.2) is 15.2 Å². The van der Waals surface area contributed by atoms with Crippen LogP contribution in [0.2, 0.25) is 5.02 Å². The van der Waals surface area contributed by atoms with E-state index in [0.717, 1.165) is 0 Å². The number of aromatic nitrogens is 3. The van der Waals surface area contributed by atoms with Crippen LogP contribution in [-0.2, 0) is 0 Å². The van der Waals surface area contributed by atoms with Crippen molar-refractivity contribution in [2.45, 2.75) is 10.1 Å². The molecule has 0 fully saturated rings. The quantitative estimate of drug-likeness (QED) is 0.796. The van der Waals surface area contributed by atoms with Gasteiger partial charge in [-0.2, -0.15) is 5.10 Å². The first-order chi connectivity index (χ1) is 7.16. The van der Waals surface area contributed by atoms with Crippen LogP contribution in [0.5, 0.6) is 0 Å². The summed E-state index contributed by atoms with van der Waals surface area (Å²) in [5.41, 5.74) is 5.94. The van der Waals surface area contributed by atoms with E-state index in [2.05, 4.69) is 15.2 Å². The van der Waals surface area contributed by atoms with Gasteiger partial charge in [-0.3, -0.25) is 5.10 Å². The van der Waals surface area contributed by atoms with Gasteiger partial charge in [-0.1, -0.05) is 11.6 Å². The molecule has 7 heteroatoms. The Bertz CT molecular complexity index is 474. The fourth-order valence-electron chi connectivity index (χ4n) is 0.980. The Hall–Kier alpha value is -1.27. The number of nitrogens with zero attached hydrogens (tertiary/aromatic N) is 2. The Morgan fingerprint density at radius 1 is 1.47 bits per heavy atom. The molecule has 0 amide bonds. The first kappa shape index (κ1) is 10.3. The van der Waals surface area contributed by atoms with Crippen molar-refractivity contribution in [3.05, 3.63) is 29.3 Å². The van der Waals surface area contributed by atoms with E-state index >= 15 is 0 Å². The van der Waals surface area contributed by atoms with Gasteiger partial charge in [0.1, 0.15) is 12.1 Å². The molecule has 1 heterocycles. The van der Waals surface area contributed by atoms with Gasteiger partial charge in [-0.05, 0) is 23.9 Å². The summed E-state index contributed by atoms with van der Waals surface area (Å²) in [4.78, 5) is 4.55. The predicted octanol–water partition coefficient (Wildman–Crippen LogP) is 2.33. The molecule has 0 saturated carbocycles. The van der Waals surface area contributed by atoms with Crippen molar-refractivity contribution >= 4 is 29.1 Å². The van der Waals surface area contributed by atoms with E-state index in [9.17, 15) is 4.39 Å². The summed E-state index contributed by atoms with van der Waals surface area (Å²) in [6, 6.07) is 2.64. The van der Waals surface area contributed by atoms with Crippen LogP contribution in [0, 0.1) is 5.82 Å². The molecule has 0 bridgehead atoms. The molecule has 0 radical (unpaired) electrons. The van der Waals surface area contributed by atoms with Crippen molar-refractivity contribution in [1.82, 2.24) is 15.2 Å². The molecule has 2 rings (SSSR count). The first-order valence-corrected chi connectivity index (χ1v) is 5.14. The van der Waals surface area contributed by atoms with E-state index in [4.69, 9.17) is 17.3 Å². The summed E-state index contributed by atoms with van der Waals surface area (Å²) < 4.78 is 13.0. The topological polar surface area (TPSA) is 67.6 Å². The summed E-state index contributed by atoms with van der Waals surface area (Å²) in [7, 11) is 0. The van der Waals surface area contributed by atoms with Gasteiger partial charge in [-0.15, -0.1) is 0 Å². The van der Waals surface area contributed by atoms with Gasteiger partial charge in [0.05, 0.1) is 5.02 Å². The summed E-state index contributed by atoms with van der Waals surface area (Å²) in [5.74, 6) is -0.531. The molecule has 0 aliphatic rings. The van der Waals surface area contributed by atoms with E-state index < -0.39 is 5.82 Å². The minimum Gasteiger partial charge on any atom is -0.398 e. The third-order valence-corrected chi connectivity index (χ3v) is 2.91. The molecule has 3 N–H and O–H groups in total. The summed E-state index contributed by atoms with van der Waals surface area (Å²) >= 11 is 6.87.